The maximum atomic E-state index is 9.19. The molecule has 0 bridgehead atoms. The molecule has 1 aromatic carbocycles. The number of nitrogens with zero attached hydrogens (tertiary/aromatic N) is 1. The number of nitriles is 1. The normalized spacial score (nSPS) is 12.0. The molecule has 0 saturated carbocycles. The maximum absolute atomic E-state index is 9.19. The first-order valence-corrected chi connectivity index (χ1v) is 5.26. The van der Waals surface area contributed by atoms with E-state index < -0.39 is 0 Å². The van der Waals surface area contributed by atoms with E-state index in [1.165, 1.54) is 0 Å². The molecule has 0 aliphatic rings. The highest BCUT2D eigenvalue weighted by molar-refractivity contribution is 5.49. The smallest absolute Gasteiger partial charge is 0.165 e. The molecule has 0 amide bonds. The number of rotatable bonds is 4. The predicted molar refractivity (Wildman–Crippen MR) is 62.7 cm³/mol. The zero-order valence-electron chi connectivity index (χ0n) is 10.2. The third-order valence-corrected chi connectivity index (χ3v) is 2.57. The number of hydrogen-bond acceptors (Lipinski definition) is 3. The minimum atomic E-state index is -0.176. The topological polar surface area (TPSA) is 42.2 Å². The van der Waals surface area contributed by atoms with Crippen LogP contribution in [0.3, 0.4) is 0 Å². The van der Waals surface area contributed by atoms with Crippen LogP contribution in [0, 0.1) is 17.2 Å². The van der Waals surface area contributed by atoms with E-state index in [0.29, 0.717) is 11.5 Å². The van der Waals surface area contributed by atoms with E-state index in [-0.39, 0.29) is 11.8 Å². The van der Waals surface area contributed by atoms with Crippen molar-refractivity contribution in [3.63, 3.8) is 0 Å². The van der Waals surface area contributed by atoms with Crippen molar-refractivity contribution in [3.05, 3.63) is 23.8 Å². The molecule has 0 aromatic heterocycles. The molecular weight excluding hydrogens is 202 g/mol. The molecule has 0 aliphatic carbocycles. The summed E-state index contributed by atoms with van der Waals surface area (Å²) in [5.41, 5.74) is 0.888. The van der Waals surface area contributed by atoms with Crippen molar-refractivity contribution in [2.24, 2.45) is 5.92 Å². The fraction of sp³-hybridized carbons (Fsp3) is 0.462. The molecule has 3 nitrogen and oxygen atoms in total. The van der Waals surface area contributed by atoms with Crippen molar-refractivity contribution in [3.8, 4) is 17.6 Å². The second kappa shape index (κ2) is 5.41. The van der Waals surface area contributed by atoms with E-state index >= 15 is 0 Å². The van der Waals surface area contributed by atoms with Crippen molar-refractivity contribution < 1.29 is 9.47 Å². The van der Waals surface area contributed by atoms with E-state index in [9.17, 15) is 5.26 Å². The van der Waals surface area contributed by atoms with Gasteiger partial charge in [0.2, 0.25) is 0 Å². The van der Waals surface area contributed by atoms with Gasteiger partial charge in [0.1, 0.15) is 0 Å². The van der Waals surface area contributed by atoms with Gasteiger partial charge in [0.05, 0.1) is 26.2 Å². The summed E-state index contributed by atoms with van der Waals surface area (Å²) in [7, 11) is 3.19. The Balaban J connectivity index is 3.27. The molecule has 86 valence electrons. The van der Waals surface area contributed by atoms with Gasteiger partial charge >= 0.3 is 0 Å². The summed E-state index contributed by atoms with van der Waals surface area (Å²) in [6.07, 6.45) is 0. The van der Waals surface area contributed by atoms with Crippen LogP contribution in [-0.4, -0.2) is 14.2 Å². The average Bonchev–Trinajstić information content (AvgIpc) is 2.29. The monoisotopic (exact) mass is 219 g/mol. The van der Waals surface area contributed by atoms with Gasteiger partial charge in [-0.05, 0) is 12.0 Å². The molecule has 0 fully saturated rings. The Hall–Kier alpha value is -1.69. The Morgan fingerprint density at radius 1 is 1.19 bits per heavy atom. The van der Waals surface area contributed by atoms with Gasteiger partial charge in [-0.1, -0.05) is 26.0 Å². The molecule has 0 saturated heterocycles. The third kappa shape index (κ3) is 2.27. The first kappa shape index (κ1) is 12.4. The summed E-state index contributed by atoms with van der Waals surface area (Å²) in [5, 5.41) is 9.19. The van der Waals surface area contributed by atoms with E-state index in [4.69, 9.17) is 9.47 Å². The summed E-state index contributed by atoms with van der Waals surface area (Å²) in [4.78, 5) is 0. The van der Waals surface area contributed by atoms with E-state index in [0.717, 1.165) is 5.56 Å². The second-order valence-corrected chi connectivity index (χ2v) is 3.93. The van der Waals surface area contributed by atoms with Crippen molar-refractivity contribution in [2.45, 2.75) is 19.8 Å². The van der Waals surface area contributed by atoms with Gasteiger partial charge in [-0.3, -0.25) is 0 Å². The largest absolute Gasteiger partial charge is 0.493 e. The van der Waals surface area contributed by atoms with Crippen LogP contribution in [0.2, 0.25) is 0 Å². The summed E-state index contributed by atoms with van der Waals surface area (Å²) in [6, 6.07) is 7.93. The van der Waals surface area contributed by atoms with Crippen LogP contribution in [0.15, 0.2) is 18.2 Å². The quantitative estimate of drug-likeness (QED) is 0.781. The highest BCUT2D eigenvalue weighted by Gasteiger charge is 2.21. The van der Waals surface area contributed by atoms with Crippen LogP contribution >= 0.6 is 0 Å². The van der Waals surface area contributed by atoms with Crippen molar-refractivity contribution in [2.75, 3.05) is 14.2 Å². The number of ether oxygens (including phenoxy) is 2. The summed E-state index contributed by atoms with van der Waals surface area (Å²) in [6.45, 7) is 4.04. The molecule has 0 N–H and O–H groups in total. The molecule has 0 radical (unpaired) electrons. The Kier molecular flexibility index (Phi) is 4.19. The lowest BCUT2D eigenvalue weighted by molar-refractivity contribution is 0.348. The first-order valence-electron chi connectivity index (χ1n) is 5.26. The molecule has 0 aliphatic heterocycles. The summed E-state index contributed by atoms with van der Waals surface area (Å²) in [5.74, 6) is 1.39. The SMILES string of the molecule is COc1cccc(C(C#N)C(C)C)c1OC. The molecule has 0 spiro atoms. The third-order valence-electron chi connectivity index (χ3n) is 2.57. The molecule has 0 heterocycles. The lowest BCUT2D eigenvalue weighted by Crippen LogP contribution is -2.06. The van der Waals surface area contributed by atoms with Gasteiger partial charge in [-0.15, -0.1) is 0 Å². The zero-order chi connectivity index (χ0) is 12.1. The lowest BCUT2D eigenvalue weighted by Gasteiger charge is -2.18. The van der Waals surface area contributed by atoms with Gasteiger partial charge in [0, 0.05) is 5.56 Å². The van der Waals surface area contributed by atoms with Gasteiger partial charge in [0.25, 0.3) is 0 Å². The molecule has 1 aromatic rings. The van der Waals surface area contributed by atoms with Crippen molar-refractivity contribution >= 4 is 0 Å². The Bertz CT molecular complexity index is 393. The fourth-order valence-corrected chi connectivity index (χ4v) is 1.73. The van der Waals surface area contributed by atoms with Gasteiger partial charge in [-0.25, -0.2) is 0 Å². The average molecular weight is 219 g/mol. The van der Waals surface area contributed by atoms with E-state index in [1.807, 2.05) is 32.0 Å². The van der Waals surface area contributed by atoms with Gasteiger partial charge < -0.3 is 9.47 Å². The van der Waals surface area contributed by atoms with Crippen LogP contribution in [0.25, 0.3) is 0 Å². The molecule has 1 unspecified atom stereocenters. The standard InChI is InChI=1S/C13H17NO2/c1-9(2)11(8-14)10-6-5-7-12(15-3)13(10)16-4/h5-7,9,11H,1-4H3. The molecular formula is C13H17NO2. The van der Waals surface area contributed by atoms with Gasteiger partial charge in [0.15, 0.2) is 11.5 Å². The summed E-state index contributed by atoms with van der Waals surface area (Å²) >= 11 is 0. The second-order valence-electron chi connectivity index (χ2n) is 3.93. The Morgan fingerprint density at radius 3 is 2.31 bits per heavy atom. The first-order chi connectivity index (χ1) is 7.65. The number of hydrogen-bond donors (Lipinski definition) is 0. The number of para-hydroxylation sites is 1. The van der Waals surface area contributed by atoms with Crippen molar-refractivity contribution in [1.82, 2.24) is 0 Å². The van der Waals surface area contributed by atoms with E-state index in [1.54, 1.807) is 14.2 Å². The predicted octanol–water partition coefficient (Wildman–Crippen LogP) is 2.97. The molecule has 3 heteroatoms. The Morgan fingerprint density at radius 2 is 1.88 bits per heavy atom. The summed E-state index contributed by atoms with van der Waals surface area (Å²) < 4.78 is 10.5. The maximum Gasteiger partial charge on any atom is 0.165 e. The van der Waals surface area contributed by atoms with Crippen LogP contribution in [0.4, 0.5) is 0 Å². The fourth-order valence-electron chi connectivity index (χ4n) is 1.73. The molecule has 1 atom stereocenters. The van der Waals surface area contributed by atoms with Crippen LogP contribution < -0.4 is 9.47 Å². The number of benzene rings is 1. The van der Waals surface area contributed by atoms with E-state index in [2.05, 4.69) is 6.07 Å². The van der Waals surface area contributed by atoms with Crippen LogP contribution in [0.5, 0.6) is 11.5 Å². The number of methoxy groups -OCH3 is 2. The minimum absolute atomic E-state index is 0.176. The van der Waals surface area contributed by atoms with Crippen LogP contribution in [-0.2, 0) is 0 Å². The van der Waals surface area contributed by atoms with Crippen LogP contribution in [0.1, 0.15) is 25.3 Å². The van der Waals surface area contributed by atoms with Gasteiger partial charge in [-0.2, -0.15) is 5.26 Å². The minimum Gasteiger partial charge on any atom is -0.493 e. The van der Waals surface area contributed by atoms with Crippen molar-refractivity contribution in [1.29, 1.82) is 5.26 Å². The Labute approximate surface area is 96.6 Å². The highest BCUT2D eigenvalue weighted by atomic mass is 16.5. The zero-order valence-corrected chi connectivity index (χ0v) is 10.2. The molecule has 1 rings (SSSR count). The molecule has 16 heavy (non-hydrogen) atoms. The lowest BCUT2D eigenvalue weighted by atomic mass is 9.89. The highest BCUT2D eigenvalue weighted by Crippen LogP contribution is 2.37.